The molecular weight excluding hydrogens is 749 g/mol. The van der Waals surface area contributed by atoms with Crippen LogP contribution in [0.15, 0.2) is 114 Å². The second-order valence-electron chi connectivity index (χ2n) is 14.4. The zero-order valence-corrected chi connectivity index (χ0v) is 32.7. The lowest BCUT2D eigenvalue weighted by atomic mass is 10.1. The van der Waals surface area contributed by atoms with Gasteiger partial charge in [-0.05, 0) is 78.2 Å². The number of para-hydroxylation sites is 1. The van der Waals surface area contributed by atoms with E-state index in [0.717, 1.165) is 22.4 Å². The van der Waals surface area contributed by atoms with E-state index in [9.17, 15) is 19.2 Å². The summed E-state index contributed by atoms with van der Waals surface area (Å²) in [6, 6.07) is 28.7. The first kappa shape index (κ1) is 38.3. The summed E-state index contributed by atoms with van der Waals surface area (Å²) in [7, 11) is 5.05. The van der Waals surface area contributed by atoms with Crippen molar-refractivity contribution >= 4 is 64.0 Å². The molecule has 0 fully saturated rings. The number of carbonyl (C=O) groups excluding carboxylic acids is 4. The summed E-state index contributed by atoms with van der Waals surface area (Å²) in [4.78, 5) is 59.2. The number of anilines is 5. The van der Waals surface area contributed by atoms with Gasteiger partial charge in [0.1, 0.15) is 11.4 Å². The standard InChI is InChI=1S/C45H42N8O6/c1-51-25-29(20-38(51)43(55)50-32-16-12-30(46)13-17-32)27-10-14-31(15-11-27)49-44(56)39-21-33(26-52(39)2)48-42(54)9-6-18-59-41-23-36-35(22-40(41)58-3)45(57)53-34(24-47-36)19-28-7-4-5-8-37(28)53/h4-5,7-8,10-17,20-26,34H,6,9,18-19,46H2,1-3H3,(H,48,54)(H,49,56)(H,50,55)/t34-/m0/s1. The van der Waals surface area contributed by atoms with Crippen LogP contribution in [0, 0.1) is 0 Å². The van der Waals surface area contributed by atoms with Crippen molar-refractivity contribution in [3.8, 4) is 22.6 Å². The van der Waals surface area contributed by atoms with Crippen LogP contribution in [0.2, 0.25) is 0 Å². The van der Waals surface area contributed by atoms with E-state index in [4.69, 9.17) is 15.2 Å². The fourth-order valence-corrected chi connectivity index (χ4v) is 7.34. The van der Waals surface area contributed by atoms with E-state index >= 15 is 0 Å². The van der Waals surface area contributed by atoms with E-state index in [1.807, 2.05) is 42.6 Å². The van der Waals surface area contributed by atoms with E-state index < -0.39 is 0 Å². The topological polar surface area (TPSA) is 174 Å². The molecule has 14 heteroatoms. The van der Waals surface area contributed by atoms with Gasteiger partial charge in [0.05, 0.1) is 36.7 Å². The van der Waals surface area contributed by atoms with Gasteiger partial charge in [0.15, 0.2) is 11.5 Å². The van der Waals surface area contributed by atoms with Crippen molar-refractivity contribution in [2.45, 2.75) is 25.3 Å². The molecule has 4 aromatic carbocycles. The van der Waals surface area contributed by atoms with Crippen LogP contribution in [0.4, 0.5) is 34.1 Å². The molecule has 298 valence electrons. The molecule has 5 N–H and O–H groups in total. The molecule has 8 rings (SSSR count). The van der Waals surface area contributed by atoms with Crippen LogP contribution in [0.5, 0.6) is 11.5 Å². The van der Waals surface area contributed by atoms with Gasteiger partial charge in [-0.15, -0.1) is 0 Å². The van der Waals surface area contributed by atoms with Gasteiger partial charge >= 0.3 is 0 Å². The monoisotopic (exact) mass is 790 g/mol. The highest BCUT2D eigenvalue weighted by molar-refractivity contribution is 6.15. The van der Waals surface area contributed by atoms with Crippen molar-refractivity contribution in [3.05, 3.63) is 132 Å². The number of carbonyl (C=O) groups is 4. The molecule has 1 atom stereocenters. The van der Waals surface area contributed by atoms with Crippen LogP contribution in [0.1, 0.15) is 49.7 Å². The Hall–Kier alpha value is -7.61. The number of hydrogen-bond donors (Lipinski definition) is 4. The Bertz CT molecular complexity index is 2630. The number of fused-ring (bicyclic) bond motifs is 4. The number of nitrogens with zero attached hydrogens (tertiary/aromatic N) is 4. The van der Waals surface area contributed by atoms with Crippen molar-refractivity contribution in [1.29, 1.82) is 0 Å². The van der Waals surface area contributed by atoms with E-state index in [1.165, 1.54) is 7.11 Å². The fraction of sp³-hybridized carbons (Fsp3) is 0.178. The van der Waals surface area contributed by atoms with Crippen LogP contribution in [-0.4, -0.2) is 58.7 Å². The molecule has 0 saturated carbocycles. The van der Waals surface area contributed by atoms with Gasteiger partial charge in [-0.2, -0.15) is 0 Å². The Kier molecular flexibility index (Phi) is 10.4. The largest absolute Gasteiger partial charge is 0.493 e. The second kappa shape index (κ2) is 16.1. The predicted molar refractivity (Wildman–Crippen MR) is 228 cm³/mol. The highest BCUT2D eigenvalue weighted by Gasteiger charge is 2.36. The number of nitrogens with one attached hydrogen (secondary N) is 3. The summed E-state index contributed by atoms with van der Waals surface area (Å²) in [5.74, 6) is -0.155. The second-order valence-corrected chi connectivity index (χ2v) is 14.4. The summed E-state index contributed by atoms with van der Waals surface area (Å²) in [5, 5.41) is 8.65. The Balaban J connectivity index is 0.827. The van der Waals surface area contributed by atoms with Gasteiger partial charge in [-0.3, -0.25) is 29.1 Å². The maximum absolute atomic E-state index is 13.7. The summed E-state index contributed by atoms with van der Waals surface area (Å²) in [6.45, 7) is 0.217. The van der Waals surface area contributed by atoms with Gasteiger partial charge in [-0.1, -0.05) is 30.3 Å². The van der Waals surface area contributed by atoms with E-state index in [0.29, 0.717) is 69.7 Å². The first-order valence-corrected chi connectivity index (χ1v) is 19.1. The third-order valence-corrected chi connectivity index (χ3v) is 10.3. The van der Waals surface area contributed by atoms with Crippen LogP contribution in [0.25, 0.3) is 11.1 Å². The average Bonchev–Trinajstić information content (AvgIpc) is 3.90. The highest BCUT2D eigenvalue weighted by atomic mass is 16.5. The molecule has 0 bridgehead atoms. The van der Waals surface area contributed by atoms with E-state index in [1.54, 1.807) is 101 Å². The molecule has 0 radical (unpaired) electrons. The number of amides is 4. The molecule has 2 aliphatic heterocycles. The number of nitrogens with two attached hydrogens (primary N) is 1. The molecule has 2 aromatic heterocycles. The van der Waals surface area contributed by atoms with E-state index in [2.05, 4.69) is 20.9 Å². The van der Waals surface area contributed by atoms with Crippen molar-refractivity contribution in [2.75, 3.05) is 40.3 Å². The normalized spacial score (nSPS) is 13.8. The number of hydrogen-bond acceptors (Lipinski definition) is 8. The minimum absolute atomic E-state index is 0.150. The first-order valence-electron chi connectivity index (χ1n) is 19.1. The van der Waals surface area contributed by atoms with Crippen LogP contribution >= 0.6 is 0 Å². The first-order chi connectivity index (χ1) is 28.5. The average molecular weight is 791 g/mol. The quantitative estimate of drug-likeness (QED) is 0.0749. The van der Waals surface area contributed by atoms with Crippen LogP contribution < -0.4 is 36.1 Å². The Labute approximate surface area is 340 Å². The number of benzene rings is 4. The lowest BCUT2D eigenvalue weighted by Gasteiger charge is -2.22. The molecule has 0 aliphatic carbocycles. The number of aliphatic imine (C=N–C) groups is 1. The maximum atomic E-state index is 13.7. The Morgan fingerprint density at radius 2 is 1.46 bits per heavy atom. The van der Waals surface area contributed by atoms with Gasteiger partial charge in [0.25, 0.3) is 17.7 Å². The van der Waals surface area contributed by atoms with Gasteiger partial charge in [0, 0.05) is 79.9 Å². The maximum Gasteiger partial charge on any atom is 0.272 e. The molecule has 2 aliphatic rings. The number of aromatic nitrogens is 2. The third kappa shape index (κ3) is 8.01. The molecule has 14 nitrogen and oxygen atoms in total. The number of rotatable bonds is 12. The lowest BCUT2D eigenvalue weighted by molar-refractivity contribution is -0.116. The predicted octanol–water partition coefficient (Wildman–Crippen LogP) is 7.21. The molecule has 4 heterocycles. The van der Waals surface area contributed by atoms with Gasteiger partial charge in [0.2, 0.25) is 5.91 Å². The third-order valence-electron chi connectivity index (χ3n) is 10.3. The van der Waals surface area contributed by atoms with Crippen molar-refractivity contribution in [2.24, 2.45) is 19.1 Å². The van der Waals surface area contributed by atoms with Gasteiger partial charge < -0.3 is 40.3 Å². The smallest absolute Gasteiger partial charge is 0.272 e. The number of aryl methyl sites for hydroxylation is 2. The van der Waals surface area contributed by atoms with Crippen molar-refractivity contribution in [1.82, 2.24) is 9.13 Å². The number of ether oxygens (including phenoxy) is 2. The minimum atomic E-state index is -0.346. The summed E-state index contributed by atoms with van der Waals surface area (Å²) < 4.78 is 15.0. The molecule has 4 amide bonds. The number of methoxy groups -OCH3 is 1. The van der Waals surface area contributed by atoms with Gasteiger partial charge in [-0.25, -0.2) is 0 Å². The van der Waals surface area contributed by atoms with Crippen LogP contribution in [0.3, 0.4) is 0 Å². The van der Waals surface area contributed by atoms with Crippen LogP contribution in [-0.2, 0) is 25.3 Å². The summed E-state index contributed by atoms with van der Waals surface area (Å²) >= 11 is 0. The van der Waals surface area contributed by atoms with Crippen molar-refractivity contribution in [3.63, 3.8) is 0 Å². The molecular formula is C45H42N8O6. The minimum Gasteiger partial charge on any atom is -0.493 e. The summed E-state index contributed by atoms with van der Waals surface area (Å²) in [6.07, 6.45) is 6.61. The molecule has 0 unspecified atom stereocenters. The lowest BCUT2D eigenvalue weighted by Crippen LogP contribution is -2.37. The molecule has 0 saturated heterocycles. The summed E-state index contributed by atoms with van der Waals surface area (Å²) in [5.41, 5.74) is 13.5. The van der Waals surface area contributed by atoms with Crippen molar-refractivity contribution < 1.29 is 28.7 Å². The molecule has 0 spiro atoms. The highest BCUT2D eigenvalue weighted by Crippen LogP contribution is 2.41. The van der Waals surface area contributed by atoms with E-state index in [-0.39, 0.29) is 42.7 Å². The SMILES string of the molecule is COc1cc2c(cc1OCCCC(=O)Nc1cc(C(=O)Nc3ccc(-c4cc(C(=O)Nc5ccc(N)cc5)n(C)c4)cc3)n(C)c1)N=C[C@@H]1Cc3ccccc3N1C2=O. The number of nitrogen functional groups attached to an aromatic ring is 1. The fourth-order valence-electron chi connectivity index (χ4n) is 7.34. The zero-order chi connectivity index (χ0) is 41.2. The molecule has 6 aromatic rings. The Morgan fingerprint density at radius 1 is 0.780 bits per heavy atom. The zero-order valence-electron chi connectivity index (χ0n) is 32.7. The molecule has 59 heavy (non-hydrogen) atoms. The Morgan fingerprint density at radius 3 is 2.19 bits per heavy atom.